The van der Waals surface area contributed by atoms with Crippen molar-refractivity contribution in [2.75, 3.05) is 10.6 Å². The van der Waals surface area contributed by atoms with Gasteiger partial charge in [-0.15, -0.1) is 0 Å². The van der Waals surface area contributed by atoms with Crippen LogP contribution < -0.4 is 15.4 Å². The molecule has 0 unspecified atom stereocenters. The molecule has 0 aromatic heterocycles. The van der Waals surface area contributed by atoms with Crippen molar-refractivity contribution in [2.24, 2.45) is 0 Å². The Kier molecular flexibility index (Phi) is 8.09. The third kappa shape index (κ3) is 6.04. The molecule has 2 amide bonds. The number of alkyl halides is 9. The van der Waals surface area contributed by atoms with E-state index in [-0.39, 0.29) is 29.7 Å². The zero-order chi connectivity index (χ0) is 26.8. The predicted molar refractivity (Wildman–Crippen MR) is 105 cm³/mol. The van der Waals surface area contributed by atoms with Crippen LogP contribution in [-0.2, 0) is 15.3 Å². The van der Waals surface area contributed by atoms with E-state index in [1.54, 1.807) is 0 Å². The molecule has 0 saturated carbocycles. The predicted octanol–water partition coefficient (Wildman–Crippen LogP) is 5.73. The van der Waals surface area contributed by atoms with Crippen LogP contribution in [0.15, 0.2) is 40.9 Å². The van der Waals surface area contributed by atoms with Crippen molar-refractivity contribution in [1.82, 2.24) is 0 Å². The van der Waals surface area contributed by atoms with Gasteiger partial charge in [0.05, 0.1) is 5.69 Å². The van der Waals surface area contributed by atoms with Crippen molar-refractivity contribution in [1.29, 1.82) is 0 Å². The standard InChI is InChI=1S/C19H10BrF9N2O4/c20-11-5-9(17(23,18(24,25)26)19(27,28)29)6-12(35-16(21)22)14(11)31-15(34)8-2-1-3-10(4-8)30-13(33)7-32/h1-7,16H,(H,30,33)(H,31,34). The first-order valence-electron chi connectivity index (χ1n) is 8.80. The van der Waals surface area contributed by atoms with Crippen LogP contribution in [0.3, 0.4) is 0 Å². The van der Waals surface area contributed by atoms with E-state index in [0.29, 0.717) is 0 Å². The van der Waals surface area contributed by atoms with Gasteiger partial charge >= 0.3 is 24.6 Å². The highest BCUT2D eigenvalue weighted by Gasteiger charge is 2.73. The molecular formula is C19H10BrF9N2O4. The number of halogens is 10. The summed E-state index contributed by atoms with van der Waals surface area (Å²) in [6.07, 6.45) is -13.2. The van der Waals surface area contributed by atoms with E-state index in [2.05, 4.69) is 26.0 Å². The van der Waals surface area contributed by atoms with Gasteiger partial charge in [0, 0.05) is 21.3 Å². The lowest BCUT2D eigenvalue weighted by Crippen LogP contribution is -2.50. The fourth-order valence-electron chi connectivity index (χ4n) is 2.67. The Hall–Kier alpha value is -3.30. The van der Waals surface area contributed by atoms with E-state index in [1.807, 2.05) is 5.32 Å². The highest BCUT2D eigenvalue weighted by molar-refractivity contribution is 9.10. The number of nitrogens with one attached hydrogen (secondary N) is 2. The molecule has 0 aliphatic heterocycles. The Balaban J connectivity index is 2.56. The summed E-state index contributed by atoms with van der Waals surface area (Å²) in [4.78, 5) is 34.1. The fraction of sp³-hybridized carbons (Fsp3) is 0.211. The molecule has 2 N–H and O–H groups in total. The maximum Gasteiger partial charge on any atom is 0.435 e. The number of carbonyl (C=O) groups is 3. The van der Waals surface area contributed by atoms with Crippen LogP contribution in [0.1, 0.15) is 15.9 Å². The third-order valence-corrected chi connectivity index (χ3v) is 4.81. The number of carbonyl (C=O) groups excluding carboxylic acids is 3. The Morgan fingerprint density at radius 1 is 0.943 bits per heavy atom. The fourth-order valence-corrected chi connectivity index (χ4v) is 3.22. The molecule has 0 spiro atoms. The van der Waals surface area contributed by atoms with Crippen LogP contribution in [0.25, 0.3) is 0 Å². The minimum atomic E-state index is -6.54. The average Bonchev–Trinajstić information content (AvgIpc) is 2.73. The Bertz CT molecular complexity index is 1120. The van der Waals surface area contributed by atoms with Gasteiger partial charge in [0.15, 0.2) is 5.75 Å². The molecule has 16 heteroatoms. The summed E-state index contributed by atoms with van der Waals surface area (Å²) in [7, 11) is 0. The summed E-state index contributed by atoms with van der Waals surface area (Å²) in [6, 6.07) is 4.33. The summed E-state index contributed by atoms with van der Waals surface area (Å²) in [5.74, 6) is -3.66. The molecule has 0 fully saturated rings. The molecule has 2 aromatic carbocycles. The molecule has 2 rings (SSSR count). The van der Waals surface area contributed by atoms with Crippen LogP contribution in [0.5, 0.6) is 5.75 Å². The van der Waals surface area contributed by atoms with Crippen LogP contribution in [0.4, 0.5) is 50.9 Å². The number of hydrogen-bond donors (Lipinski definition) is 2. The number of hydrogen-bond acceptors (Lipinski definition) is 4. The Morgan fingerprint density at radius 2 is 1.54 bits per heavy atom. The molecule has 0 saturated heterocycles. The number of anilines is 2. The van der Waals surface area contributed by atoms with Crippen molar-refractivity contribution >= 4 is 45.4 Å². The molecular weight excluding hydrogens is 571 g/mol. The van der Waals surface area contributed by atoms with Gasteiger partial charge in [0.1, 0.15) is 0 Å². The van der Waals surface area contributed by atoms with Crippen molar-refractivity contribution in [2.45, 2.75) is 24.6 Å². The minimum Gasteiger partial charge on any atom is -0.433 e. The van der Waals surface area contributed by atoms with E-state index >= 15 is 0 Å². The quantitative estimate of drug-likeness (QED) is 0.249. The van der Waals surface area contributed by atoms with Crippen molar-refractivity contribution in [3.05, 3.63) is 52.0 Å². The van der Waals surface area contributed by atoms with Gasteiger partial charge in [-0.3, -0.25) is 14.4 Å². The van der Waals surface area contributed by atoms with Crippen LogP contribution in [0, 0.1) is 0 Å². The first kappa shape index (κ1) is 27.9. The maximum atomic E-state index is 14.4. The zero-order valence-corrected chi connectivity index (χ0v) is 18.1. The van der Waals surface area contributed by atoms with Gasteiger partial charge < -0.3 is 15.4 Å². The lowest BCUT2D eigenvalue weighted by Gasteiger charge is -2.31. The molecule has 0 aliphatic carbocycles. The van der Waals surface area contributed by atoms with E-state index in [9.17, 15) is 53.9 Å². The number of rotatable bonds is 7. The van der Waals surface area contributed by atoms with Crippen LogP contribution in [-0.4, -0.2) is 37.1 Å². The molecule has 6 nitrogen and oxygen atoms in total. The molecule has 0 radical (unpaired) electrons. The first-order chi connectivity index (χ1) is 16.0. The van der Waals surface area contributed by atoms with E-state index in [1.165, 1.54) is 12.1 Å². The zero-order valence-electron chi connectivity index (χ0n) is 16.5. The van der Waals surface area contributed by atoms with Gasteiger partial charge in [-0.25, -0.2) is 4.39 Å². The molecule has 0 bridgehead atoms. The highest BCUT2D eigenvalue weighted by Crippen LogP contribution is 2.55. The second-order valence-corrected chi connectivity index (χ2v) is 7.36. The van der Waals surface area contributed by atoms with Crippen molar-refractivity contribution < 1.29 is 58.6 Å². The molecule has 0 aliphatic rings. The Morgan fingerprint density at radius 3 is 2.06 bits per heavy atom. The summed E-state index contributed by atoms with van der Waals surface area (Å²) in [5, 5.41) is 4.02. The van der Waals surface area contributed by atoms with Gasteiger partial charge in [-0.1, -0.05) is 6.07 Å². The van der Waals surface area contributed by atoms with Gasteiger partial charge in [0.25, 0.3) is 11.8 Å². The lowest BCUT2D eigenvalue weighted by molar-refractivity contribution is -0.348. The van der Waals surface area contributed by atoms with Crippen molar-refractivity contribution in [3.63, 3.8) is 0 Å². The topological polar surface area (TPSA) is 84.5 Å². The SMILES string of the molecule is O=CC(=O)Nc1cccc(C(=O)Nc2c(Br)cc(C(F)(C(F)(F)F)C(F)(F)F)cc2OC(F)F)c1. The molecule has 2 aromatic rings. The summed E-state index contributed by atoms with van der Waals surface area (Å²) < 4.78 is 122. The highest BCUT2D eigenvalue weighted by atomic mass is 79.9. The van der Waals surface area contributed by atoms with Gasteiger partial charge in [-0.2, -0.15) is 35.1 Å². The molecule has 190 valence electrons. The lowest BCUT2D eigenvalue weighted by atomic mass is 9.93. The normalized spacial score (nSPS) is 12.3. The van der Waals surface area contributed by atoms with E-state index in [4.69, 9.17) is 0 Å². The monoisotopic (exact) mass is 580 g/mol. The van der Waals surface area contributed by atoms with Gasteiger partial charge in [-0.05, 0) is 46.3 Å². The summed E-state index contributed by atoms with van der Waals surface area (Å²) >= 11 is 2.53. The number of aldehydes is 1. The second kappa shape index (κ2) is 10.1. The van der Waals surface area contributed by atoms with E-state index < -0.39 is 57.9 Å². The third-order valence-electron chi connectivity index (χ3n) is 4.19. The largest absolute Gasteiger partial charge is 0.435 e. The van der Waals surface area contributed by atoms with Crippen LogP contribution in [0.2, 0.25) is 0 Å². The van der Waals surface area contributed by atoms with Gasteiger partial charge in [0.2, 0.25) is 6.29 Å². The number of amides is 2. The maximum absolute atomic E-state index is 14.4. The van der Waals surface area contributed by atoms with Crippen molar-refractivity contribution in [3.8, 4) is 5.75 Å². The molecule has 35 heavy (non-hydrogen) atoms. The second-order valence-electron chi connectivity index (χ2n) is 6.51. The molecule has 0 heterocycles. The number of ether oxygens (including phenoxy) is 1. The average molecular weight is 581 g/mol. The molecule has 0 atom stereocenters. The smallest absolute Gasteiger partial charge is 0.433 e. The summed E-state index contributed by atoms with van der Waals surface area (Å²) in [5.41, 5.74) is -9.32. The first-order valence-corrected chi connectivity index (χ1v) is 9.59. The van der Waals surface area contributed by atoms with Crippen LogP contribution >= 0.6 is 15.9 Å². The van der Waals surface area contributed by atoms with E-state index in [0.717, 1.165) is 12.1 Å². The Labute approximate surface area is 197 Å². The minimum absolute atomic E-state index is 0.00431. The number of benzene rings is 2. The summed E-state index contributed by atoms with van der Waals surface area (Å²) in [6.45, 7) is -3.79.